The van der Waals surface area contributed by atoms with Crippen LogP contribution in [0.1, 0.15) is 39.8 Å². The molecule has 1 aromatic heterocycles. The number of ether oxygens (including phenoxy) is 8. The molecule has 3 atom stereocenters. The third kappa shape index (κ3) is 10.7. The minimum Gasteiger partial charge on any atom is -0.377 e. The predicted octanol–water partition coefficient (Wildman–Crippen LogP) is 0.865. The topological polar surface area (TPSA) is 131 Å². The normalized spacial score (nSPS) is 24.1. The third-order valence-electron chi connectivity index (χ3n) is 5.36. The van der Waals surface area contributed by atoms with E-state index in [1.807, 2.05) is 20.0 Å². The van der Waals surface area contributed by atoms with Gasteiger partial charge < -0.3 is 43.6 Å². The van der Waals surface area contributed by atoms with Crippen LogP contribution in [0.4, 0.5) is 0 Å². The van der Waals surface area contributed by atoms with Gasteiger partial charge in [0.1, 0.15) is 23.6 Å². The molecule has 0 spiro atoms. The third-order valence-corrected chi connectivity index (χ3v) is 5.36. The zero-order valence-corrected chi connectivity index (χ0v) is 21.5. The van der Waals surface area contributed by atoms with Crippen molar-refractivity contribution >= 4 is 0 Å². The second-order valence-corrected chi connectivity index (χ2v) is 9.61. The van der Waals surface area contributed by atoms with E-state index < -0.39 is 11.5 Å². The molecule has 0 amide bonds. The van der Waals surface area contributed by atoms with E-state index in [9.17, 15) is 0 Å². The summed E-state index contributed by atoms with van der Waals surface area (Å²) in [7, 11) is 0. The Morgan fingerprint density at radius 2 is 1.69 bits per heavy atom. The van der Waals surface area contributed by atoms with E-state index in [1.165, 1.54) is 0 Å². The second-order valence-electron chi connectivity index (χ2n) is 9.61. The van der Waals surface area contributed by atoms with Crippen LogP contribution in [-0.4, -0.2) is 104 Å². The molecule has 1 aromatic rings. The average molecular weight is 503 g/mol. The second kappa shape index (κ2) is 13.9. The molecule has 12 nitrogen and oxygen atoms in total. The molecule has 0 radical (unpaired) electrons. The lowest BCUT2D eigenvalue weighted by Crippen LogP contribution is -2.45. The molecule has 2 aliphatic rings. The Morgan fingerprint density at radius 3 is 2.37 bits per heavy atom. The summed E-state index contributed by atoms with van der Waals surface area (Å²) in [5.74, 6) is -0.561. The highest BCUT2D eigenvalue weighted by Gasteiger charge is 2.47. The van der Waals surface area contributed by atoms with Gasteiger partial charge in [0, 0.05) is 6.61 Å². The maximum atomic E-state index is 5.96. The van der Waals surface area contributed by atoms with E-state index in [4.69, 9.17) is 43.6 Å². The molecule has 12 heteroatoms. The lowest BCUT2D eigenvalue weighted by molar-refractivity contribution is -0.160. The molecule has 3 unspecified atom stereocenters. The van der Waals surface area contributed by atoms with E-state index in [0.717, 1.165) is 12.1 Å². The number of fused-ring (bicyclic) bond motifs is 1. The lowest BCUT2D eigenvalue weighted by Gasteiger charge is -2.31. The first kappa shape index (κ1) is 28.4. The number of hydrogen-bond acceptors (Lipinski definition) is 11. The first-order valence-electron chi connectivity index (χ1n) is 12.3. The SMILES string of the molecule is CC(C)(N)OCc1cn(CCOCCOCCOCCOCC2OCCC3OC(C)(C)OC23)nn1. The van der Waals surface area contributed by atoms with E-state index in [2.05, 4.69) is 10.3 Å². The fourth-order valence-corrected chi connectivity index (χ4v) is 3.77. The standard InChI is InChI=1S/C23H42N4O8/c1-22(2,24)33-16-18-15-27(26-25-18)6-8-28-9-10-29-11-12-30-13-14-31-17-20-21-19(5-7-32-20)34-23(3,4)35-21/h15,19-21H,5-14,16-17,24H2,1-4H3. The Kier molecular flexibility index (Phi) is 11.3. The summed E-state index contributed by atoms with van der Waals surface area (Å²) in [4.78, 5) is 0. The number of rotatable bonds is 17. The Bertz CT molecular complexity index is 727. The van der Waals surface area contributed by atoms with Gasteiger partial charge in [0.2, 0.25) is 0 Å². The van der Waals surface area contributed by atoms with E-state index in [-0.39, 0.29) is 18.3 Å². The largest absolute Gasteiger partial charge is 0.377 e. The minimum atomic E-state index is -0.696. The maximum Gasteiger partial charge on any atom is 0.163 e. The maximum absolute atomic E-state index is 5.96. The molecule has 2 N–H and O–H groups in total. The van der Waals surface area contributed by atoms with Crippen LogP contribution in [0.25, 0.3) is 0 Å². The molecule has 202 valence electrons. The van der Waals surface area contributed by atoms with Crippen molar-refractivity contribution in [2.45, 2.75) is 77.1 Å². The monoisotopic (exact) mass is 502 g/mol. The Morgan fingerprint density at radius 1 is 1.03 bits per heavy atom. The summed E-state index contributed by atoms with van der Waals surface area (Å²) >= 11 is 0. The van der Waals surface area contributed by atoms with Gasteiger partial charge in [-0.1, -0.05) is 5.21 Å². The van der Waals surface area contributed by atoms with Gasteiger partial charge in [-0.15, -0.1) is 5.10 Å². The van der Waals surface area contributed by atoms with Crippen LogP contribution in [0, 0.1) is 0 Å². The number of nitrogens with two attached hydrogens (primary N) is 1. The van der Waals surface area contributed by atoms with Crippen LogP contribution >= 0.6 is 0 Å². The summed E-state index contributed by atoms with van der Waals surface area (Å²) in [6.07, 6.45) is 2.57. The van der Waals surface area contributed by atoms with Crippen LogP contribution in [0.2, 0.25) is 0 Å². The highest BCUT2D eigenvalue weighted by molar-refractivity contribution is 4.91. The van der Waals surface area contributed by atoms with E-state index >= 15 is 0 Å². The molecule has 0 aromatic carbocycles. The van der Waals surface area contributed by atoms with Gasteiger partial charge in [-0.3, -0.25) is 0 Å². The highest BCUT2D eigenvalue weighted by Crippen LogP contribution is 2.35. The van der Waals surface area contributed by atoms with Crippen molar-refractivity contribution in [2.75, 3.05) is 59.5 Å². The van der Waals surface area contributed by atoms with Crippen molar-refractivity contribution in [3.8, 4) is 0 Å². The fraction of sp³-hybridized carbons (Fsp3) is 0.913. The summed E-state index contributed by atoms with van der Waals surface area (Å²) in [5.41, 5.74) is 5.82. The molecular weight excluding hydrogens is 460 g/mol. The van der Waals surface area contributed by atoms with Crippen LogP contribution < -0.4 is 5.73 Å². The Hall–Kier alpha value is -1.22. The first-order chi connectivity index (χ1) is 16.7. The molecule has 2 saturated heterocycles. The van der Waals surface area contributed by atoms with Crippen LogP contribution in [0.3, 0.4) is 0 Å². The van der Waals surface area contributed by atoms with Gasteiger partial charge >= 0.3 is 0 Å². The van der Waals surface area contributed by atoms with Gasteiger partial charge in [-0.2, -0.15) is 0 Å². The van der Waals surface area contributed by atoms with Crippen molar-refractivity contribution < 1.29 is 37.9 Å². The van der Waals surface area contributed by atoms with Crippen molar-refractivity contribution in [3.05, 3.63) is 11.9 Å². The summed E-state index contributed by atoms with van der Waals surface area (Å²) < 4.78 is 47.2. The highest BCUT2D eigenvalue weighted by atomic mass is 16.8. The zero-order valence-electron chi connectivity index (χ0n) is 21.5. The quantitative estimate of drug-likeness (QED) is 0.240. The van der Waals surface area contributed by atoms with E-state index in [0.29, 0.717) is 72.6 Å². The molecule has 3 rings (SSSR count). The molecule has 0 saturated carbocycles. The van der Waals surface area contributed by atoms with Crippen molar-refractivity contribution in [1.82, 2.24) is 15.0 Å². The van der Waals surface area contributed by atoms with Gasteiger partial charge in [-0.25, -0.2) is 4.68 Å². The van der Waals surface area contributed by atoms with Gasteiger partial charge in [0.25, 0.3) is 0 Å². The van der Waals surface area contributed by atoms with Gasteiger partial charge in [0.05, 0.1) is 78.3 Å². The lowest BCUT2D eigenvalue weighted by atomic mass is 10.0. The summed E-state index contributed by atoms with van der Waals surface area (Å²) in [6, 6.07) is 0. The summed E-state index contributed by atoms with van der Waals surface area (Å²) in [5, 5.41) is 8.09. The van der Waals surface area contributed by atoms with Crippen LogP contribution in [-0.2, 0) is 51.0 Å². The smallest absolute Gasteiger partial charge is 0.163 e. The first-order valence-corrected chi connectivity index (χ1v) is 12.3. The van der Waals surface area contributed by atoms with Crippen molar-refractivity contribution in [2.24, 2.45) is 5.73 Å². The molecule has 3 heterocycles. The van der Waals surface area contributed by atoms with Gasteiger partial charge in [0.15, 0.2) is 5.79 Å². The van der Waals surface area contributed by atoms with Gasteiger partial charge in [-0.05, 0) is 34.1 Å². The number of hydrogen-bond donors (Lipinski definition) is 1. The molecule has 2 fully saturated rings. The number of nitrogens with zero attached hydrogens (tertiary/aromatic N) is 3. The molecule has 0 bridgehead atoms. The molecule has 0 aliphatic carbocycles. The Balaban J connectivity index is 1.09. The van der Waals surface area contributed by atoms with E-state index in [1.54, 1.807) is 18.5 Å². The minimum absolute atomic E-state index is 0.0764. The predicted molar refractivity (Wildman–Crippen MR) is 125 cm³/mol. The van der Waals surface area contributed by atoms with Crippen molar-refractivity contribution in [3.63, 3.8) is 0 Å². The zero-order chi connectivity index (χ0) is 25.2. The fourth-order valence-electron chi connectivity index (χ4n) is 3.77. The van der Waals surface area contributed by atoms with Crippen molar-refractivity contribution in [1.29, 1.82) is 0 Å². The van der Waals surface area contributed by atoms with Crippen LogP contribution in [0.5, 0.6) is 0 Å². The average Bonchev–Trinajstić information content (AvgIpc) is 3.37. The van der Waals surface area contributed by atoms with Crippen LogP contribution in [0.15, 0.2) is 6.20 Å². The Labute approximate surface area is 207 Å². The molecule has 35 heavy (non-hydrogen) atoms. The number of aromatic nitrogens is 3. The molecule has 2 aliphatic heterocycles. The molecular formula is C23H42N4O8. The summed E-state index contributed by atoms with van der Waals surface area (Å²) in [6.45, 7) is 13.0.